The predicted molar refractivity (Wildman–Crippen MR) is 144 cm³/mol. The van der Waals surface area contributed by atoms with Crippen molar-refractivity contribution in [2.45, 2.75) is 174 Å². The van der Waals surface area contributed by atoms with Gasteiger partial charge in [-0.1, -0.05) is 167 Å². The average Bonchev–Trinajstić information content (AvgIpc) is 2.77. The molecule has 0 rings (SSSR count). The van der Waals surface area contributed by atoms with Crippen molar-refractivity contribution in [2.24, 2.45) is 0 Å². The third-order valence-corrected chi connectivity index (χ3v) is 7.51. The lowest BCUT2D eigenvalue weighted by molar-refractivity contribution is -0.111. The minimum Gasteiger partial charge on any atom is -0.287 e. The first-order valence-corrected chi connectivity index (χ1v) is 15.5. The van der Waals surface area contributed by atoms with Crippen molar-refractivity contribution in [2.75, 3.05) is 5.75 Å². The maximum atomic E-state index is 12.0. The van der Waals surface area contributed by atoms with E-state index in [1.807, 2.05) is 0 Å². The van der Waals surface area contributed by atoms with Crippen molar-refractivity contribution in [3.63, 3.8) is 0 Å². The smallest absolute Gasteiger partial charge is 0.188 e. The van der Waals surface area contributed by atoms with Crippen molar-refractivity contribution in [1.82, 2.24) is 0 Å². The second-order valence-electron chi connectivity index (χ2n) is 9.75. The summed E-state index contributed by atoms with van der Waals surface area (Å²) in [6, 6.07) is 0. The minimum absolute atomic E-state index is 0.440. The van der Waals surface area contributed by atoms with Crippen LogP contribution in [-0.4, -0.2) is 10.9 Å². The van der Waals surface area contributed by atoms with Gasteiger partial charge in [0.2, 0.25) is 0 Å². The van der Waals surface area contributed by atoms with Crippen LogP contribution >= 0.6 is 11.8 Å². The van der Waals surface area contributed by atoms with Crippen LogP contribution in [0.1, 0.15) is 174 Å². The number of hydrogen-bond acceptors (Lipinski definition) is 2. The van der Waals surface area contributed by atoms with E-state index < -0.39 is 0 Å². The Labute approximate surface area is 201 Å². The molecule has 0 aliphatic carbocycles. The fraction of sp³-hybridized carbons (Fsp3) is 0.966. The fourth-order valence-corrected chi connectivity index (χ4v) is 5.18. The summed E-state index contributed by atoms with van der Waals surface area (Å²) >= 11 is 1.60. The van der Waals surface area contributed by atoms with Crippen LogP contribution in [0.25, 0.3) is 0 Å². The molecule has 0 heterocycles. The second-order valence-corrected chi connectivity index (χ2v) is 10.9. The molecular weight excluding hydrogens is 396 g/mol. The number of unbranched alkanes of at least 4 members (excludes halogenated alkanes) is 22. The van der Waals surface area contributed by atoms with Crippen molar-refractivity contribution >= 4 is 16.9 Å². The first-order chi connectivity index (χ1) is 15.3. The SMILES string of the molecule is CCCCCCCCCCCCCCCSC(=O)CCCCCCCCCCCCC. The zero-order valence-electron chi connectivity index (χ0n) is 21.7. The monoisotopic (exact) mass is 454 g/mol. The molecule has 0 spiro atoms. The normalized spacial score (nSPS) is 11.3. The zero-order valence-corrected chi connectivity index (χ0v) is 22.5. The summed E-state index contributed by atoms with van der Waals surface area (Å²) in [4.78, 5) is 12.0. The highest BCUT2D eigenvalue weighted by molar-refractivity contribution is 8.13. The summed E-state index contributed by atoms with van der Waals surface area (Å²) < 4.78 is 0. The van der Waals surface area contributed by atoms with Crippen LogP contribution < -0.4 is 0 Å². The van der Waals surface area contributed by atoms with Gasteiger partial charge in [0.1, 0.15) is 0 Å². The van der Waals surface area contributed by atoms with Crippen molar-refractivity contribution in [1.29, 1.82) is 0 Å². The molecule has 2 heteroatoms. The highest BCUT2D eigenvalue weighted by atomic mass is 32.2. The first-order valence-electron chi connectivity index (χ1n) is 14.5. The van der Waals surface area contributed by atoms with Gasteiger partial charge >= 0.3 is 0 Å². The average molecular weight is 455 g/mol. The summed E-state index contributed by atoms with van der Waals surface area (Å²) in [6.07, 6.45) is 33.9. The van der Waals surface area contributed by atoms with Crippen molar-refractivity contribution < 1.29 is 4.79 Å². The summed E-state index contributed by atoms with van der Waals surface area (Å²) in [7, 11) is 0. The Bertz CT molecular complexity index is 342. The molecule has 0 atom stereocenters. The molecule has 0 unspecified atom stereocenters. The predicted octanol–water partition coefficient (Wildman–Crippen LogP) is 11.0. The van der Waals surface area contributed by atoms with Gasteiger partial charge in [-0.15, -0.1) is 0 Å². The molecule has 186 valence electrons. The minimum atomic E-state index is 0.440. The lowest BCUT2D eigenvalue weighted by Crippen LogP contribution is -1.94. The summed E-state index contributed by atoms with van der Waals surface area (Å²) in [5.74, 6) is 1.05. The van der Waals surface area contributed by atoms with Gasteiger partial charge in [-0.25, -0.2) is 0 Å². The van der Waals surface area contributed by atoms with Gasteiger partial charge in [0.15, 0.2) is 5.12 Å². The van der Waals surface area contributed by atoms with Gasteiger partial charge in [0, 0.05) is 12.2 Å². The van der Waals surface area contributed by atoms with E-state index in [0.29, 0.717) is 5.12 Å². The van der Waals surface area contributed by atoms with Gasteiger partial charge in [-0.2, -0.15) is 0 Å². The Morgan fingerprint density at radius 3 is 1.06 bits per heavy atom. The maximum Gasteiger partial charge on any atom is 0.188 e. The van der Waals surface area contributed by atoms with Crippen LogP contribution in [0.2, 0.25) is 0 Å². The van der Waals surface area contributed by atoms with Crippen LogP contribution in [-0.2, 0) is 4.79 Å². The van der Waals surface area contributed by atoms with Gasteiger partial charge in [-0.3, -0.25) is 4.79 Å². The van der Waals surface area contributed by atoms with Crippen LogP contribution in [0.15, 0.2) is 0 Å². The van der Waals surface area contributed by atoms with E-state index in [-0.39, 0.29) is 0 Å². The number of hydrogen-bond donors (Lipinski definition) is 0. The molecule has 0 aliphatic heterocycles. The Balaban J connectivity index is 3.13. The van der Waals surface area contributed by atoms with Gasteiger partial charge in [-0.05, 0) is 12.8 Å². The Morgan fingerprint density at radius 2 is 0.710 bits per heavy atom. The molecule has 1 nitrogen and oxygen atoms in total. The summed E-state index contributed by atoms with van der Waals surface area (Å²) in [5, 5.41) is 0.440. The molecule has 0 aromatic rings. The molecule has 31 heavy (non-hydrogen) atoms. The summed E-state index contributed by atoms with van der Waals surface area (Å²) in [5.41, 5.74) is 0. The molecule has 0 aliphatic rings. The number of rotatable bonds is 26. The molecule has 0 radical (unpaired) electrons. The topological polar surface area (TPSA) is 17.1 Å². The zero-order chi connectivity index (χ0) is 22.7. The van der Waals surface area contributed by atoms with E-state index in [0.717, 1.165) is 18.6 Å². The lowest BCUT2D eigenvalue weighted by Gasteiger charge is -2.04. The fourth-order valence-electron chi connectivity index (χ4n) is 4.31. The van der Waals surface area contributed by atoms with E-state index >= 15 is 0 Å². The maximum absolute atomic E-state index is 12.0. The Hall–Kier alpha value is 0.0200. The molecule has 0 aromatic heterocycles. The second kappa shape index (κ2) is 28.1. The van der Waals surface area contributed by atoms with Crippen LogP contribution in [0.4, 0.5) is 0 Å². The number of carbonyl (C=O) groups is 1. The lowest BCUT2D eigenvalue weighted by atomic mass is 10.1. The van der Waals surface area contributed by atoms with E-state index in [1.54, 1.807) is 11.8 Å². The number of carbonyl (C=O) groups excluding carboxylic acids is 1. The van der Waals surface area contributed by atoms with Crippen LogP contribution in [0, 0.1) is 0 Å². The molecule has 0 saturated heterocycles. The quantitative estimate of drug-likeness (QED) is 0.121. The Morgan fingerprint density at radius 1 is 0.419 bits per heavy atom. The standard InChI is InChI=1S/C29H58OS/c1-3-5-7-9-11-13-15-16-18-20-22-24-26-28-31-29(30)27-25-23-21-19-17-14-12-10-8-6-4-2/h3-28H2,1-2H3. The van der Waals surface area contributed by atoms with Crippen molar-refractivity contribution in [3.05, 3.63) is 0 Å². The molecule has 0 N–H and O–H groups in total. The van der Waals surface area contributed by atoms with E-state index in [9.17, 15) is 4.79 Å². The molecule has 0 fully saturated rings. The first kappa shape index (κ1) is 31.0. The Kier molecular flexibility index (Phi) is 28.1. The molecule has 0 amide bonds. The highest BCUT2D eigenvalue weighted by Crippen LogP contribution is 2.17. The van der Waals surface area contributed by atoms with Crippen LogP contribution in [0.3, 0.4) is 0 Å². The summed E-state index contributed by atoms with van der Waals surface area (Å²) in [6.45, 7) is 4.57. The van der Waals surface area contributed by atoms with Crippen LogP contribution in [0.5, 0.6) is 0 Å². The van der Waals surface area contributed by atoms with E-state index in [4.69, 9.17) is 0 Å². The van der Waals surface area contributed by atoms with Gasteiger partial charge in [0.25, 0.3) is 0 Å². The molecular formula is C29H58OS. The van der Waals surface area contributed by atoms with E-state index in [1.165, 1.54) is 148 Å². The highest BCUT2D eigenvalue weighted by Gasteiger charge is 2.02. The largest absolute Gasteiger partial charge is 0.287 e. The van der Waals surface area contributed by atoms with Gasteiger partial charge in [0.05, 0.1) is 0 Å². The van der Waals surface area contributed by atoms with Crippen molar-refractivity contribution in [3.8, 4) is 0 Å². The molecule has 0 saturated carbocycles. The molecule has 0 aromatic carbocycles. The third kappa shape index (κ3) is 28.0. The third-order valence-electron chi connectivity index (χ3n) is 6.50. The number of thioether (sulfide) groups is 1. The molecule has 0 bridgehead atoms. The van der Waals surface area contributed by atoms with E-state index in [2.05, 4.69) is 13.8 Å². The van der Waals surface area contributed by atoms with Gasteiger partial charge < -0.3 is 0 Å².